The number of hydrogen-bond acceptors (Lipinski definition) is 2. The molecule has 2 nitrogen and oxygen atoms in total. The molecule has 0 aliphatic carbocycles. The molecule has 0 aliphatic rings. The van der Waals surface area contributed by atoms with Gasteiger partial charge in [-0.2, -0.15) is 0 Å². The largest absolute Gasteiger partial charge is 0.462 e. The van der Waals surface area contributed by atoms with E-state index in [0.717, 1.165) is 12.8 Å². The van der Waals surface area contributed by atoms with E-state index in [1.807, 2.05) is 18.2 Å². The highest BCUT2D eigenvalue weighted by Crippen LogP contribution is 2.02. The van der Waals surface area contributed by atoms with Crippen LogP contribution in [0, 0.1) is 6.42 Å². The Hall–Kier alpha value is -1.31. The van der Waals surface area contributed by atoms with Gasteiger partial charge in [-0.05, 0) is 25.0 Å². The highest BCUT2D eigenvalue weighted by molar-refractivity contribution is 5.89. The Bertz CT molecular complexity index is 267. The second-order valence-electron chi connectivity index (χ2n) is 2.99. The summed E-state index contributed by atoms with van der Waals surface area (Å²) in [6.07, 6.45) is 3.94. The summed E-state index contributed by atoms with van der Waals surface area (Å²) in [7, 11) is 0. The van der Waals surface area contributed by atoms with Gasteiger partial charge in [-0.1, -0.05) is 31.5 Å². The van der Waals surface area contributed by atoms with E-state index in [-0.39, 0.29) is 5.97 Å². The first-order valence-corrected chi connectivity index (χ1v) is 4.88. The van der Waals surface area contributed by atoms with Crippen LogP contribution in [-0.4, -0.2) is 12.6 Å². The molecule has 0 fully saturated rings. The Labute approximate surface area is 84.9 Å². The van der Waals surface area contributed by atoms with Crippen molar-refractivity contribution in [1.29, 1.82) is 0 Å². The number of rotatable bonds is 5. The van der Waals surface area contributed by atoms with Gasteiger partial charge in [0.2, 0.25) is 0 Å². The van der Waals surface area contributed by atoms with Crippen molar-refractivity contribution in [1.82, 2.24) is 0 Å². The van der Waals surface area contributed by atoms with Crippen molar-refractivity contribution in [3.8, 4) is 0 Å². The highest BCUT2D eigenvalue weighted by Gasteiger charge is 2.04. The molecule has 0 atom stereocenters. The Balaban J connectivity index is 2.29. The third-order valence-corrected chi connectivity index (χ3v) is 1.85. The number of esters is 1. The lowest BCUT2D eigenvalue weighted by Gasteiger charge is -2.03. The molecule has 1 aromatic rings. The van der Waals surface area contributed by atoms with Crippen molar-refractivity contribution in [2.45, 2.75) is 19.8 Å². The van der Waals surface area contributed by atoms with Crippen LogP contribution in [0.2, 0.25) is 0 Å². The van der Waals surface area contributed by atoms with Crippen molar-refractivity contribution in [2.75, 3.05) is 6.61 Å². The maximum Gasteiger partial charge on any atom is 0.338 e. The first-order chi connectivity index (χ1) is 6.84. The Kier molecular flexibility index (Phi) is 4.76. The van der Waals surface area contributed by atoms with Gasteiger partial charge in [0.05, 0.1) is 12.2 Å². The molecule has 0 saturated carbocycles. The van der Waals surface area contributed by atoms with Crippen LogP contribution >= 0.6 is 0 Å². The SMILES string of the molecule is CC[CH]CCOC(=O)c1ccccc1. The summed E-state index contributed by atoms with van der Waals surface area (Å²) in [6, 6.07) is 9.04. The molecule has 0 aromatic heterocycles. The molecule has 1 radical (unpaired) electrons. The van der Waals surface area contributed by atoms with E-state index in [9.17, 15) is 4.79 Å². The van der Waals surface area contributed by atoms with Crippen LogP contribution in [0.15, 0.2) is 30.3 Å². The minimum atomic E-state index is -0.241. The van der Waals surface area contributed by atoms with E-state index in [4.69, 9.17) is 4.74 Å². The van der Waals surface area contributed by atoms with Gasteiger partial charge in [-0.3, -0.25) is 0 Å². The number of carbonyl (C=O) groups is 1. The van der Waals surface area contributed by atoms with Crippen LogP contribution < -0.4 is 0 Å². The topological polar surface area (TPSA) is 26.3 Å². The maximum absolute atomic E-state index is 11.4. The Morgan fingerprint density at radius 1 is 1.36 bits per heavy atom. The number of benzene rings is 1. The molecule has 14 heavy (non-hydrogen) atoms. The van der Waals surface area contributed by atoms with Gasteiger partial charge in [0.1, 0.15) is 0 Å². The zero-order valence-corrected chi connectivity index (χ0v) is 8.40. The fourth-order valence-corrected chi connectivity index (χ4v) is 1.10. The van der Waals surface area contributed by atoms with E-state index < -0.39 is 0 Å². The summed E-state index contributed by atoms with van der Waals surface area (Å²) < 4.78 is 5.06. The summed E-state index contributed by atoms with van der Waals surface area (Å²) in [5, 5.41) is 0. The molecule has 1 rings (SSSR count). The minimum Gasteiger partial charge on any atom is -0.462 e. The molecule has 0 saturated heterocycles. The standard InChI is InChI=1S/C12H15O2/c1-2-3-7-10-14-12(13)11-8-5-4-6-9-11/h3-6,8-9H,2,7,10H2,1H3. The molecule has 75 valence electrons. The van der Waals surface area contributed by atoms with Gasteiger partial charge in [-0.15, -0.1) is 0 Å². The molecule has 0 bridgehead atoms. The van der Waals surface area contributed by atoms with E-state index in [1.54, 1.807) is 12.1 Å². The van der Waals surface area contributed by atoms with Crippen LogP contribution in [0.1, 0.15) is 30.1 Å². The molecule has 0 N–H and O–H groups in total. The lowest BCUT2D eigenvalue weighted by molar-refractivity contribution is 0.0508. The number of carbonyl (C=O) groups excluding carboxylic acids is 1. The average molecular weight is 191 g/mol. The van der Waals surface area contributed by atoms with E-state index in [1.165, 1.54) is 0 Å². The number of unbranched alkanes of at least 4 members (excludes halogenated alkanes) is 2. The minimum absolute atomic E-state index is 0.241. The number of hydrogen-bond donors (Lipinski definition) is 0. The molecule has 0 spiro atoms. The predicted octanol–water partition coefficient (Wildman–Crippen LogP) is 2.85. The molecule has 2 heteroatoms. The van der Waals surface area contributed by atoms with Crippen LogP contribution in [0.25, 0.3) is 0 Å². The summed E-state index contributed by atoms with van der Waals surface area (Å²) in [5.41, 5.74) is 0.615. The van der Waals surface area contributed by atoms with Crippen LogP contribution in [-0.2, 0) is 4.74 Å². The Morgan fingerprint density at radius 3 is 2.71 bits per heavy atom. The average Bonchev–Trinajstić information content (AvgIpc) is 2.25. The van der Waals surface area contributed by atoms with E-state index in [2.05, 4.69) is 13.3 Å². The van der Waals surface area contributed by atoms with Crippen molar-refractivity contribution in [3.05, 3.63) is 42.3 Å². The lowest BCUT2D eigenvalue weighted by Crippen LogP contribution is -2.06. The van der Waals surface area contributed by atoms with Crippen molar-refractivity contribution in [2.24, 2.45) is 0 Å². The smallest absolute Gasteiger partial charge is 0.338 e. The third kappa shape index (κ3) is 3.60. The third-order valence-electron chi connectivity index (χ3n) is 1.85. The van der Waals surface area contributed by atoms with Crippen LogP contribution in [0.4, 0.5) is 0 Å². The van der Waals surface area contributed by atoms with Crippen molar-refractivity contribution in [3.63, 3.8) is 0 Å². The number of ether oxygens (including phenoxy) is 1. The monoisotopic (exact) mass is 191 g/mol. The molecule has 0 heterocycles. The van der Waals surface area contributed by atoms with Crippen LogP contribution in [0.3, 0.4) is 0 Å². The van der Waals surface area contributed by atoms with Crippen molar-refractivity contribution < 1.29 is 9.53 Å². The van der Waals surface area contributed by atoms with E-state index in [0.29, 0.717) is 12.2 Å². The zero-order valence-electron chi connectivity index (χ0n) is 8.40. The zero-order chi connectivity index (χ0) is 10.2. The molecule has 0 aliphatic heterocycles. The van der Waals surface area contributed by atoms with Gasteiger partial charge < -0.3 is 4.74 Å². The second kappa shape index (κ2) is 6.19. The summed E-state index contributed by atoms with van der Waals surface area (Å²) >= 11 is 0. The predicted molar refractivity (Wildman–Crippen MR) is 55.9 cm³/mol. The first-order valence-electron chi connectivity index (χ1n) is 4.88. The van der Waals surface area contributed by atoms with Gasteiger partial charge in [-0.25, -0.2) is 4.79 Å². The normalized spacial score (nSPS) is 9.79. The second-order valence-corrected chi connectivity index (χ2v) is 2.99. The van der Waals surface area contributed by atoms with Gasteiger partial charge >= 0.3 is 5.97 Å². The fraction of sp³-hybridized carbons (Fsp3) is 0.333. The van der Waals surface area contributed by atoms with Gasteiger partial charge in [0, 0.05) is 0 Å². The fourth-order valence-electron chi connectivity index (χ4n) is 1.10. The molecular weight excluding hydrogens is 176 g/mol. The summed E-state index contributed by atoms with van der Waals surface area (Å²) in [6.45, 7) is 2.54. The summed E-state index contributed by atoms with van der Waals surface area (Å²) in [5.74, 6) is -0.241. The molecular formula is C12H15O2. The van der Waals surface area contributed by atoms with Gasteiger partial charge in [0.25, 0.3) is 0 Å². The molecule has 0 amide bonds. The maximum atomic E-state index is 11.4. The Morgan fingerprint density at radius 2 is 2.07 bits per heavy atom. The lowest BCUT2D eigenvalue weighted by atomic mass is 10.2. The van der Waals surface area contributed by atoms with Gasteiger partial charge in [0.15, 0.2) is 0 Å². The molecule has 0 unspecified atom stereocenters. The quantitative estimate of drug-likeness (QED) is 0.528. The highest BCUT2D eigenvalue weighted by atomic mass is 16.5. The summed E-state index contributed by atoms with van der Waals surface area (Å²) in [4.78, 5) is 11.4. The molecule has 1 aromatic carbocycles. The first kappa shape index (κ1) is 10.8. The van der Waals surface area contributed by atoms with E-state index >= 15 is 0 Å². The van der Waals surface area contributed by atoms with Crippen LogP contribution in [0.5, 0.6) is 0 Å². The van der Waals surface area contributed by atoms with Crippen molar-refractivity contribution >= 4 is 5.97 Å².